The van der Waals surface area contributed by atoms with Crippen molar-refractivity contribution in [2.45, 2.75) is 45.4 Å². The number of para-hydroxylation sites is 1. The molecule has 0 bridgehead atoms. The second-order valence-electron chi connectivity index (χ2n) is 7.25. The molecule has 2 aromatic carbocycles. The molecule has 0 unspecified atom stereocenters. The fourth-order valence-electron chi connectivity index (χ4n) is 3.75. The number of aromatic nitrogens is 1. The molecule has 0 aliphatic carbocycles. The summed E-state index contributed by atoms with van der Waals surface area (Å²) in [5.74, 6) is -0.312. The van der Waals surface area contributed by atoms with Crippen LogP contribution in [0.15, 0.2) is 48.7 Å². The van der Waals surface area contributed by atoms with E-state index in [1.165, 1.54) is 11.6 Å². The van der Waals surface area contributed by atoms with Gasteiger partial charge in [-0.15, -0.1) is 0 Å². The molecule has 2 N–H and O–H groups in total. The Balaban J connectivity index is 2.03. The molecule has 152 valence electrons. The van der Waals surface area contributed by atoms with Crippen LogP contribution in [0.2, 0.25) is 0 Å². The van der Waals surface area contributed by atoms with Crippen LogP contribution in [-0.2, 0) is 11.2 Å². The number of aryl methyl sites for hydroxylation is 1. The molecule has 1 atom stereocenters. The molecule has 0 spiro atoms. The molecule has 1 aromatic heterocycles. The maximum Gasteiger partial charge on any atom is 0.269 e. The van der Waals surface area contributed by atoms with Gasteiger partial charge in [0.2, 0.25) is 5.91 Å². The Morgan fingerprint density at radius 1 is 1.21 bits per heavy atom. The number of aromatic amines is 1. The smallest absolute Gasteiger partial charge is 0.269 e. The number of fused-ring (bicyclic) bond motifs is 1. The number of nitro benzene ring substituents is 1. The van der Waals surface area contributed by atoms with Gasteiger partial charge < -0.3 is 10.3 Å². The fourth-order valence-corrected chi connectivity index (χ4v) is 3.75. The first-order chi connectivity index (χ1) is 14.0. The fraction of sp³-hybridized carbons (Fsp3) is 0.348. The third-order valence-electron chi connectivity index (χ3n) is 5.32. The van der Waals surface area contributed by atoms with Gasteiger partial charge in [-0.25, -0.2) is 0 Å². The van der Waals surface area contributed by atoms with Crippen molar-refractivity contribution >= 4 is 22.5 Å². The van der Waals surface area contributed by atoms with Gasteiger partial charge in [-0.3, -0.25) is 14.9 Å². The Morgan fingerprint density at radius 2 is 2.00 bits per heavy atom. The van der Waals surface area contributed by atoms with Gasteiger partial charge in [0.25, 0.3) is 5.69 Å². The van der Waals surface area contributed by atoms with Gasteiger partial charge in [-0.2, -0.15) is 0 Å². The number of nitro groups is 1. The highest BCUT2D eigenvalue weighted by atomic mass is 16.6. The van der Waals surface area contributed by atoms with E-state index >= 15 is 0 Å². The lowest BCUT2D eigenvalue weighted by Crippen LogP contribution is -2.26. The third kappa shape index (κ3) is 4.65. The maximum absolute atomic E-state index is 12.6. The first kappa shape index (κ1) is 20.6. The van der Waals surface area contributed by atoms with Crippen molar-refractivity contribution in [3.05, 3.63) is 75.5 Å². The number of carbonyl (C=O) groups excluding carboxylic acids is 1. The topological polar surface area (TPSA) is 88.0 Å². The van der Waals surface area contributed by atoms with Crippen LogP contribution in [0.1, 0.15) is 55.7 Å². The summed E-state index contributed by atoms with van der Waals surface area (Å²) in [6.07, 6.45) is 5.02. The molecule has 3 aromatic rings. The Labute approximate surface area is 170 Å². The van der Waals surface area contributed by atoms with Crippen LogP contribution in [0.25, 0.3) is 10.9 Å². The Hall–Kier alpha value is -3.15. The minimum Gasteiger partial charge on any atom is -0.361 e. The van der Waals surface area contributed by atoms with E-state index in [4.69, 9.17) is 0 Å². The van der Waals surface area contributed by atoms with E-state index in [0.717, 1.165) is 41.3 Å². The summed E-state index contributed by atoms with van der Waals surface area (Å²) in [6.45, 7) is 4.83. The van der Waals surface area contributed by atoms with Crippen molar-refractivity contribution in [3.8, 4) is 0 Å². The Bertz CT molecular complexity index is 1010. The van der Waals surface area contributed by atoms with Crippen LogP contribution in [0.5, 0.6) is 0 Å². The van der Waals surface area contributed by atoms with Gasteiger partial charge in [-0.05, 0) is 29.5 Å². The minimum absolute atomic E-state index is 0.0352. The van der Waals surface area contributed by atoms with E-state index in [1.807, 2.05) is 24.4 Å². The van der Waals surface area contributed by atoms with Gasteiger partial charge >= 0.3 is 0 Å². The number of hydrogen-bond donors (Lipinski definition) is 2. The largest absolute Gasteiger partial charge is 0.361 e. The van der Waals surface area contributed by atoms with Crippen molar-refractivity contribution in [3.63, 3.8) is 0 Å². The predicted octanol–water partition coefficient (Wildman–Crippen LogP) is 5.08. The van der Waals surface area contributed by atoms with Gasteiger partial charge in [-0.1, -0.05) is 50.6 Å². The standard InChI is InChI=1S/C23H27N3O3/c1-3-5-12-24-22(27)14-20(17-9-6-10-18(13-17)26(28)29)21-15-25-23-16(4-2)8-7-11-19(21)23/h6-11,13,15,20,25H,3-5,12,14H2,1-2H3,(H,24,27)/t20-/m1/s1. The normalized spacial score (nSPS) is 12.1. The SMILES string of the molecule is CCCCNC(=O)C[C@H](c1cccc([N+](=O)[O-])c1)c1c[nH]c2c(CC)cccc12. The highest BCUT2D eigenvalue weighted by molar-refractivity contribution is 5.88. The first-order valence-electron chi connectivity index (χ1n) is 10.1. The summed E-state index contributed by atoms with van der Waals surface area (Å²) in [5.41, 5.74) is 4.06. The second kappa shape index (κ2) is 9.37. The summed E-state index contributed by atoms with van der Waals surface area (Å²) in [5, 5.41) is 15.3. The molecule has 0 saturated carbocycles. The van der Waals surface area contributed by atoms with E-state index in [1.54, 1.807) is 12.1 Å². The molecule has 3 rings (SSSR count). The van der Waals surface area contributed by atoms with E-state index < -0.39 is 4.92 Å². The molecule has 6 heteroatoms. The monoisotopic (exact) mass is 393 g/mol. The van der Waals surface area contributed by atoms with E-state index in [-0.39, 0.29) is 23.9 Å². The van der Waals surface area contributed by atoms with Crippen LogP contribution < -0.4 is 5.32 Å². The number of rotatable bonds is 9. The first-order valence-corrected chi connectivity index (χ1v) is 10.1. The zero-order valence-electron chi connectivity index (χ0n) is 16.9. The van der Waals surface area contributed by atoms with E-state index in [9.17, 15) is 14.9 Å². The number of non-ortho nitro benzene ring substituents is 1. The number of carbonyl (C=O) groups is 1. The second-order valence-corrected chi connectivity index (χ2v) is 7.25. The zero-order chi connectivity index (χ0) is 20.8. The molecular weight excluding hydrogens is 366 g/mol. The van der Waals surface area contributed by atoms with Gasteiger partial charge in [0.05, 0.1) is 4.92 Å². The average Bonchev–Trinajstić information content (AvgIpc) is 3.16. The van der Waals surface area contributed by atoms with Crippen LogP contribution >= 0.6 is 0 Å². The van der Waals surface area contributed by atoms with Crippen molar-refractivity contribution in [1.29, 1.82) is 0 Å². The summed E-state index contributed by atoms with van der Waals surface area (Å²) in [7, 11) is 0. The summed E-state index contributed by atoms with van der Waals surface area (Å²) < 4.78 is 0. The molecule has 6 nitrogen and oxygen atoms in total. The molecule has 0 aliphatic rings. The van der Waals surface area contributed by atoms with E-state index in [0.29, 0.717) is 6.54 Å². The number of unbranched alkanes of at least 4 members (excludes halogenated alkanes) is 1. The average molecular weight is 393 g/mol. The number of hydrogen-bond acceptors (Lipinski definition) is 3. The molecule has 0 radical (unpaired) electrons. The number of amides is 1. The lowest BCUT2D eigenvalue weighted by atomic mass is 9.87. The van der Waals surface area contributed by atoms with Gasteiger partial charge in [0.15, 0.2) is 0 Å². The lowest BCUT2D eigenvalue weighted by molar-refractivity contribution is -0.384. The van der Waals surface area contributed by atoms with Crippen LogP contribution in [-0.4, -0.2) is 22.4 Å². The van der Waals surface area contributed by atoms with Gasteiger partial charge in [0.1, 0.15) is 0 Å². The molecule has 29 heavy (non-hydrogen) atoms. The minimum atomic E-state index is -0.397. The lowest BCUT2D eigenvalue weighted by Gasteiger charge is -2.17. The Kier molecular flexibility index (Phi) is 6.65. The van der Waals surface area contributed by atoms with Crippen LogP contribution in [0, 0.1) is 10.1 Å². The van der Waals surface area contributed by atoms with Crippen molar-refractivity contribution in [2.75, 3.05) is 6.54 Å². The molecule has 1 heterocycles. The highest BCUT2D eigenvalue weighted by Gasteiger charge is 2.23. The Morgan fingerprint density at radius 3 is 2.72 bits per heavy atom. The summed E-state index contributed by atoms with van der Waals surface area (Å²) in [4.78, 5) is 26.9. The van der Waals surface area contributed by atoms with Crippen molar-refractivity contribution < 1.29 is 9.72 Å². The van der Waals surface area contributed by atoms with E-state index in [2.05, 4.69) is 30.2 Å². The summed E-state index contributed by atoms with van der Waals surface area (Å²) in [6, 6.07) is 12.7. The van der Waals surface area contributed by atoms with Crippen LogP contribution in [0.4, 0.5) is 5.69 Å². The van der Waals surface area contributed by atoms with Gasteiger partial charge in [0, 0.05) is 48.1 Å². The number of nitrogens with one attached hydrogen (secondary N) is 2. The van der Waals surface area contributed by atoms with Crippen molar-refractivity contribution in [1.82, 2.24) is 10.3 Å². The van der Waals surface area contributed by atoms with Crippen LogP contribution in [0.3, 0.4) is 0 Å². The third-order valence-corrected chi connectivity index (χ3v) is 5.32. The molecular formula is C23H27N3O3. The summed E-state index contributed by atoms with van der Waals surface area (Å²) >= 11 is 0. The zero-order valence-corrected chi connectivity index (χ0v) is 16.9. The number of nitrogens with zero attached hydrogens (tertiary/aromatic N) is 1. The predicted molar refractivity (Wildman–Crippen MR) is 115 cm³/mol. The van der Waals surface area contributed by atoms with Crippen molar-refractivity contribution in [2.24, 2.45) is 0 Å². The molecule has 0 saturated heterocycles. The number of benzene rings is 2. The molecule has 0 fully saturated rings. The molecule has 1 amide bonds. The molecule has 0 aliphatic heterocycles. The quantitative estimate of drug-likeness (QED) is 0.302. The highest BCUT2D eigenvalue weighted by Crippen LogP contribution is 2.35. The maximum atomic E-state index is 12.6. The number of H-pyrrole nitrogens is 1.